The maximum atomic E-state index is 5.47. The lowest BCUT2D eigenvalue weighted by Crippen LogP contribution is -2.22. The first kappa shape index (κ1) is 12.1. The summed E-state index contributed by atoms with van der Waals surface area (Å²) < 4.78 is 5.34. The van der Waals surface area contributed by atoms with Gasteiger partial charge in [-0.1, -0.05) is 13.8 Å². The van der Waals surface area contributed by atoms with Crippen molar-refractivity contribution in [2.24, 2.45) is 5.84 Å². The smallest absolute Gasteiger partial charge is 0.148 e. The summed E-state index contributed by atoms with van der Waals surface area (Å²) >= 11 is 0. The van der Waals surface area contributed by atoms with Crippen molar-refractivity contribution < 1.29 is 4.74 Å². The maximum absolute atomic E-state index is 5.47. The van der Waals surface area contributed by atoms with Gasteiger partial charge in [-0.15, -0.1) is 0 Å². The third-order valence-electron chi connectivity index (χ3n) is 2.87. The second kappa shape index (κ2) is 5.29. The van der Waals surface area contributed by atoms with Crippen LogP contribution in [0.5, 0.6) is 0 Å². The van der Waals surface area contributed by atoms with Gasteiger partial charge < -0.3 is 15.5 Å². The Bertz CT molecular complexity index is 376. The number of nitrogen functional groups attached to an aromatic ring is 1. The molecule has 0 aromatic carbocycles. The molecular formula is C11H19N5O. The Kier molecular flexibility index (Phi) is 3.75. The zero-order chi connectivity index (χ0) is 12.3. The third kappa shape index (κ3) is 2.65. The molecular weight excluding hydrogens is 218 g/mol. The molecule has 1 atom stereocenters. The van der Waals surface area contributed by atoms with Gasteiger partial charge in [0.25, 0.3) is 0 Å². The van der Waals surface area contributed by atoms with Gasteiger partial charge in [-0.3, -0.25) is 0 Å². The Morgan fingerprint density at radius 1 is 1.41 bits per heavy atom. The summed E-state index contributed by atoms with van der Waals surface area (Å²) in [6, 6.07) is 0.327. The molecule has 0 spiro atoms. The van der Waals surface area contributed by atoms with Gasteiger partial charge in [0, 0.05) is 12.2 Å². The first-order valence-corrected chi connectivity index (χ1v) is 5.88. The highest BCUT2D eigenvalue weighted by atomic mass is 16.5. The van der Waals surface area contributed by atoms with E-state index in [0.717, 1.165) is 31.0 Å². The summed E-state index contributed by atoms with van der Waals surface area (Å²) in [7, 11) is 0. The van der Waals surface area contributed by atoms with Gasteiger partial charge in [-0.2, -0.15) is 0 Å². The highest BCUT2D eigenvalue weighted by molar-refractivity contribution is 5.58. The number of anilines is 2. The molecule has 1 aromatic heterocycles. The van der Waals surface area contributed by atoms with E-state index < -0.39 is 0 Å². The van der Waals surface area contributed by atoms with Crippen molar-refractivity contribution >= 4 is 11.6 Å². The van der Waals surface area contributed by atoms with E-state index >= 15 is 0 Å². The second-order valence-corrected chi connectivity index (χ2v) is 4.49. The van der Waals surface area contributed by atoms with Gasteiger partial charge in [0.1, 0.15) is 18.0 Å². The van der Waals surface area contributed by atoms with E-state index in [1.165, 1.54) is 6.33 Å². The number of hydrogen-bond donors (Lipinski definition) is 3. The topological polar surface area (TPSA) is 85.1 Å². The van der Waals surface area contributed by atoms with Gasteiger partial charge in [-0.25, -0.2) is 15.8 Å². The van der Waals surface area contributed by atoms with Crippen molar-refractivity contribution in [2.45, 2.75) is 32.2 Å². The van der Waals surface area contributed by atoms with E-state index in [4.69, 9.17) is 10.6 Å². The lowest BCUT2D eigenvalue weighted by atomic mass is 10.0. The lowest BCUT2D eigenvalue weighted by Gasteiger charge is -2.18. The van der Waals surface area contributed by atoms with E-state index in [-0.39, 0.29) is 0 Å². The minimum atomic E-state index is 0.298. The molecule has 4 N–H and O–H groups in total. The summed E-state index contributed by atoms with van der Waals surface area (Å²) in [5.41, 5.74) is 3.64. The number of rotatable bonds is 4. The van der Waals surface area contributed by atoms with E-state index in [9.17, 15) is 0 Å². The minimum Gasteiger partial charge on any atom is -0.379 e. The predicted octanol–water partition coefficient (Wildman–Crippen LogP) is 1.09. The van der Waals surface area contributed by atoms with Crippen molar-refractivity contribution in [1.82, 2.24) is 9.97 Å². The summed E-state index contributed by atoms with van der Waals surface area (Å²) in [4.78, 5) is 8.43. The number of nitrogens with two attached hydrogens (primary N) is 1. The van der Waals surface area contributed by atoms with E-state index in [1.54, 1.807) is 0 Å². The zero-order valence-corrected chi connectivity index (χ0v) is 10.2. The fourth-order valence-corrected chi connectivity index (χ4v) is 2.01. The molecule has 0 amide bonds. The van der Waals surface area contributed by atoms with Crippen LogP contribution in [0.4, 0.5) is 11.6 Å². The summed E-state index contributed by atoms with van der Waals surface area (Å²) in [6.07, 6.45) is 2.52. The normalized spacial score (nSPS) is 19.6. The lowest BCUT2D eigenvalue weighted by molar-refractivity contribution is 0.195. The zero-order valence-electron chi connectivity index (χ0n) is 10.2. The third-order valence-corrected chi connectivity index (χ3v) is 2.87. The fraction of sp³-hybridized carbons (Fsp3) is 0.636. The summed E-state index contributed by atoms with van der Waals surface area (Å²) in [5, 5.41) is 3.39. The highest BCUT2D eigenvalue weighted by Gasteiger charge is 2.20. The van der Waals surface area contributed by atoms with Gasteiger partial charge in [0.05, 0.1) is 12.6 Å². The van der Waals surface area contributed by atoms with Crippen LogP contribution in [0.15, 0.2) is 6.33 Å². The van der Waals surface area contributed by atoms with Crippen LogP contribution in [-0.2, 0) is 4.74 Å². The molecule has 1 unspecified atom stereocenters. The van der Waals surface area contributed by atoms with Crippen LogP contribution in [0, 0.1) is 0 Å². The van der Waals surface area contributed by atoms with Crippen molar-refractivity contribution in [3.8, 4) is 0 Å². The standard InChI is InChI=1S/C11H19N5O/c1-7(2)9-10(13-6-14-11(9)16-12)15-8-3-4-17-5-8/h6-8H,3-5,12H2,1-2H3,(H2,13,14,15,16). The molecule has 0 bridgehead atoms. The number of aromatic nitrogens is 2. The molecule has 1 aromatic rings. The SMILES string of the molecule is CC(C)c1c(NN)ncnc1NC1CCOC1. The van der Waals surface area contributed by atoms with Gasteiger partial charge in [0.2, 0.25) is 0 Å². The van der Waals surface area contributed by atoms with Crippen LogP contribution in [0.3, 0.4) is 0 Å². The van der Waals surface area contributed by atoms with Crippen molar-refractivity contribution in [3.63, 3.8) is 0 Å². The largest absolute Gasteiger partial charge is 0.379 e. The second-order valence-electron chi connectivity index (χ2n) is 4.49. The summed E-state index contributed by atoms with van der Waals surface area (Å²) in [6.45, 7) is 5.72. The van der Waals surface area contributed by atoms with Crippen LogP contribution in [0.2, 0.25) is 0 Å². The molecule has 0 radical (unpaired) electrons. The molecule has 94 valence electrons. The fourth-order valence-electron chi connectivity index (χ4n) is 2.01. The van der Waals surface area contributed by atoms with Gasteiger partial charge in [-0.05, 0) is 12.3 Å². The van der Waals surface area contributed by atoms with Crippen molar-refractivity contribution in [1.29, 1.82) is 0 Å². The Morgan fingerprint density at radius 2 is 2.18 bits per heavy atom. The molecule has 6 heteroatoms. The molecule has 1 aliphatic rings. The monoisotopic (exact) mass is 237 g/mol. The van der Waals surface area contributed by atoms with Crippen LogP contribution in [0.25, 0.3) is 0 Å². The van der Waals surface area contributed by atoms with Crippen molar-refractivity contribution in [3.05, 3.63) is 11.9 Å². The maximum Gasteiger partial charge on any atom is 0.148 e. The van der Waals surface area contributed by atoms with Gasteiger partial charge >= 0.3 is 0 Å². The first-order chi connectivity index (χ1) is 8.22. The minimum absolute atomic E-state index is 0.298. The van der Waals surface area contributed by atoms with E-state index in [0.29, 0.717) is 17.8 Å². The number of hydrogen-bond acceptors (Lipinski definition) is 6. The van der Waals surface area contributed by atoms with Crippen LogP contribution < -0.4 is 16.6 Å². The predicted molar refractivity (Wildman–Crippen MR) is 66.8 cm³/mol. The molecule has 1 aliphatic heterocycles. The van der Waals surface area contributed by atoms with Crippen LogP contribution in [-0.4, -0.2) is 29.2 Å². The molecule has 2 rings (SSSR count). The number of hydrazine groups is 1. The molecule has 1 saturated heterocycles. The number of nitrogens with zero attached hydrogens (tertiary/aromatic N) is 2. The first-order valence-electron chi connectivity index (χ1n) is 5.88. The molecule has 2 heterocycles. The average Bonchev–Trinajstić information content (AvgIpc) is 2.81. The Balaban J connectivity index is 2.25. The number of nitrogens with one attached hydrogen (secondary N) is 2. The van der Waals surface area contributed by atoms with E-state index in [1.807, 2.05) is 0 Å². The van der Waals surface area contributed by atoms with Crippen LogP contribution in [0.1, 0.15) is 31.7 Å². The molecule has 17 heavy (non-hydrogen) atoms. The molecule has 0 saturated carbocycles. The van der Waals surface area contributed by atoms with E-state index in [2.05, 4.69) is 34.6 Å². The Hall–Kier alpha value is -1.40. The molecule has 6 nitrogen and oxygen atoms in total. The average molecular weight is 237 g/mol. The number of ether oxygens (including phenoxy) is 1. The van der Waals surface area contributed by atoms with Crippen molar-refractivity contribution in [2.75, 3.05) is 24.0 Å². The van der Waals surface area contributed by atoms with Gasteiger partial charge in [0.15, 0.2) is 0 Å². The molecule has 1 fully saturated rings. The highest BCUT2D eigenvalue weighted by Crippen LogP contribution is 2.28. The summed E-state index contributed by atoms with van der Waals surface area (Å²) in [5.74, 6) is 7.29. The van der Waals surface area contributed by atoms with Crippen LogP contribution >= 0.6 is 0 Å². The Morgan fingerprint density at radius 3 is 2.76 bits per heavy atom. The quantitative estimate of drug-likeness (QED) is 0.537. The molecule has 0 aliphatic carbocycles. The Labute approximate surface area is 101 Å².